The van der Waals surface area contributed by atoms with Crippen molar-refractivity contribution in [2.24, 2.45) is 11.8 Å². The highest BCUT2D eigenvalue weighted by Gasteiger charge is 2.33. The molecule has 1 aliphatic rings. The van der Waals surface area contributed by atoms with Crippen molar-refractivity contribution in [1.29, 1.82) is 0 Å². The molecule has 3 heteroatoms. The summed E-state index contributed by atoms with van der Waals surface area (Å²) in [5.74, 6) is 2.85. The lowest BCUT2D eigenvalue weighted by Crippen LogP contribution is -2.22. The fourth-order valence-corrected chi connectivity index (χ4v) is 2.18. The molecule has 1 aliphatic carbocycles. The van der Waals surface area contributed by atoms with Gasteiger partial charge in [-0.25, -0.2) is 4.98 Å². The van der Waals surface area contributed by atoms with Gasteiger partial charge in [-0.05, 0) is 49.9 Å². The van der Waals surface area contributed by atoms with E-state index in [1.807, 2.05) is 13.2 Å². The average Bonchev–Trinajstić information content (AvgIpc) is 3.04. The molecular formula is C14H23N3. The molecule has 1 N–H and O–H groups in total. The van der Waals surface area contributed by atoms with Gasteiger partial charge in [-0.2, -0.15) is 0 Å². The Morgan fingerprint density at radius 1 is 1.59 bits per heavy atom. The van der Waals surface area contributed by atoms with Gasteiger partial charge in [-0.15, -0.1) is 0 Å². The molecule has 0 aromatic carbocycles. The van der Waals surface area contributed by atoms with Crippen molar-refractivity contribution in [3.05, 3.63) is 23.9 Å². The topological polar surface area (TPSA) is 28.2 Å². The summed E-state index contributed by atoms with van der Waals surface area (Å²) in [5, 5.41) is 3.26. The Hall–Kier alpha value is -1.09. The van der Waals surface area contributed by atoms with Crippen molar-refractivity contribution in [2.75, 3.05) is 25.5 Å². The highest BCUT2D eigenvalue weighted by atomic mass is 15.2. The van der Waals surface area contributed by atoms with E-state index in [1.54, 1.807) is 0 Å². The van der Waals surface area contributed by atoms with E-state index in [0.29, 0.717) is 6.04 Å². The number of hydrogen-bond acceptors (Lipinski definition) is 3. The Kier molecular flexibility index (Phi) is 3.67. The van der Waals surface area contributed by atoms with E-state index in [2.05, 4.69) is 48.2 Å². The second kappa shape index (κ2) is 5.05. The number of rotatable bonds is 5. The normalized spacial score (nSPS) is 24.5. The Labute approximate surface area is 104 Å². The van der Waals surface area contributed by atoms with Crippen molar-refractivity contribution >= 4 is 5.82 Å². The summed E-state index contributed by atoms with van der Waals surface area (Å²) in [4.78, 5) is 6.74. The van der Waals surface area contributed by atoms with Gasteiger partial charge in [-0.3, -0.25) is 0 Å². The second-order valence-corrected chi connectivity index (χ2v) is 5.31. The first-order chi connectivity index (χ1) is 8.11. The second-order valence-electron chi connectivity index (χ2n) is 5.31. The minimum atomic E-state index is 0.380. The monoisotopic (exact) mass is 233 g/mol. The third-order valence-corrected chi connectivity index (χ3v) is 3.88. The maximum absolute atomic E-state index is 4.46. The van der Waals surface area contributed by atoms with Crippen LogP contribution in [0.2, 0.25) is 0 Å². The molecule has 1 aromatic rings. The van der Waals surface area contributed by atoms with Crippen LogP contribution in [0.1, 0.15) is 31.9 Å². The fraction of sp³-hybridized carbons (Fsp3) is 0.643. The zero-order valence-corrected chi connectivity index (χ0v) is 11.3. The van der Waals surface area contributed by atoms with E-state index in [4.69, 9.17) is 0 Å². The summed E-state index contributed by atoms with van der Waals surface area (Å²) in [5.41, 5.74) is 1.30. The highest BCUT2D eigenvalue weighted by Crippen LogP contribution is 2.38. The first kappa shape index (κ1) is 12.4. The molecule has 2 rings (SSSR count). The van der Waals surface area contributed by atoms with Crippen LogP contribution in [0.5, 0.6) is 0 Å². The molecule has 0 spiro atoms. The number of hydrogen-bond donors (Lipinski definition) is 1. The molecule has 1 aromatic heterocycles. The molecule has 1 saturated carbocycles. The number of nitrogens with one attached hydrogen (secondary N) is 1. The molecule has 3 nitrogen and oxygen atoms in total. The predicted octanol–water partition coefficient (Wildman–Crippen LogP) is 2.45. The summed E-state index contributed by atoms with van der Waals surface area (Å²) in [6.45, 7) is 5.62. The van der Waals surface area contributed by atoms with Gasteiger partial charge in [0.15, 0.2) is 0 Å². The average molecular weight is 233 g/mol. The quantitative estimate of drug-likeness (QED) is 0.846. The van der Waals surface area contributed by atoms with Gasteiger partial charge in [0, 0.05) is 25.8 Å². The van der Waals surface area contributed by atoms with Crippen LogP contribution in [0.25, 0.3) is 0 Å². The van der Waals surface area contributed by atoms with Crippen molar-refractivity contribution in [1.82, 2.24) is 10.3 Å². The Bertz CT molecular complexity index is 377. The molecule has 0 saturated heterocycles. The zero-order valence-electron chi connectivity index (χ0n) is 11.3. The SMILES string of the molecule is CNC(C)c1ccnc(N(C)CC2CC2C)c1. The maximum Gasteiger partial charge on any atom is 0.128 e. The lowest BCUT2D eigenvalue weighted by molar-refractivity contribution is 0.650. The van der Waals surface area contributed by atoms with E-state index in [-0.39, 0.29) is 0 Å². The molecule has 0 radical (unpaired) electrons. The van der Waals surface area contributed by atoms with E-state index < -0.39 is 0 Å². The third-order valence-electron chi connectivity index (χ3n) is 3.88. The van der Waals surface area contributed by atoms with Gasteiger partial charge in [0.25, 0.3) is 0 Å². The van der Waals surface area contributed by atoms with Gasteiger partial charge in [0.2, 0.25) is 0 Å². The minimum absolute atomic E-state index is 0.380. The van der Waals surface area contributed by atoms with Crippen molar-refractivity contribution < 1.29 is 0 Å². The van der Waals surface area contributed by atoms with Crippen LogP contribution in [0.15, 0.2) is 18.3 Å². The Morgan fingerprint density at radius 3 is 2.88 bits per heavy atom. The molecule has 1 heterocycles. The van der Waals surface area contributed by atoms with Gasteiger partial charge >= 0.3 is 0 Å². The van der Waals surface area contributed by atoms with Gasteiger partial charge in [-0.1, -0.05) is 6.92 Å². The number of nitrogens with zero attached hydrogens (tertiary/aromatic N) is 2. The molecule has 17 heavy (non-hydrogen) atoms. The zero-order chi connectivity index (χ0) is 12.4. The highest BCUT2D eigenvalue weighted by molar-refractivity contribution is 5.41. The van der Waals surface area contributed by atoms with Crippen LogP contribution >= 0.6 is 0 Å². The largest absolute Gasteiger partial charge is 0.359 e. The van der Waals surface area contributed by atoms with Crippen molar-refractivity contribution in [3.63, 3.8) is 0 Å². The molecule has 0 aliphatic heterocycles. The third kappa shape index (κ3) is 2.97. The van der Waals surface area contributed by atoms with E-state index >= 15 is 0 Å². The van der Waals surface area contributed by atoms with Gasteiger partial charge in [0.1, 0.15) is 5.82 Å². The maximum atomic E-state index is 4.46. The standard InChI is InChI=1S/C14H23N3/c1-10-7-13(10)9-17(4)14-8-12(5-6-16-14)11(2)15-3/h5-6,8,10-11,13,15H,7,9H2,1-4H3. The number of anilines is 1. The summed E-state index contributed by atoms with van der Waals surface area (Å²) < 4.78 is 0. The van der Waals surface area contributed by atoms with Crippen LogP contribution in [0.4, 0.5) is 5.82 Å². The van der Waals surface area contributed by atoms with Gasteiger partial charge in [0.05, 0.1) is 0 Å². The summed E-state index contributed by atoms with van der Waals surface area (Å²) >= 11 is 0. The minimum Gasteiger partial charge on any atom is -0.359 e. The summed E-state index contributed by atoms with van der Waals surface area (Å²) in [6, 6.07) is 4.65. The smallest absolute Gasteiger partial charge is 0.128 e. The molecule has 0 amide bonds. The Balaban J connectivity index is 2.04. The molecule has 94 valence electrons. The lowest BCUT2D eigenvalue weighted by Gasteiger charge is -2.20. The van der Waals surface area contributed by atoms with E-state index in [1.165, 1.54) is 12.0 Å². The molecule has 3 unspecified atom stereocenters. The lowest BCUT2D eigenvalue weighted by atomic mass is 10.1. The van der Waals surface area contributed by atoms with E-state index in [9.17, 15) is 0 Å². The van der Waals surface area contributed by atoms with Crippen molar-refractivity contribution in [3.8, 4) is 0 Å². The first-order valence-corrected chi connectivity index (χ1v) is 6.46. The van der Waals surface area contributed by atoms with E-state index in [0.717, 1.165) is 24.2 Å². The van der Waals surface area contributed by atoms with Crippen LogP contribution in [-0.2, 0) is 0 Å². The Morgan fingerprint density at radius 2 is 2.29 bits per heavy atom. The summed E-state index contributed by atoms with van der Waals surface area (Å²) in [7, 11) is 4.13. The summed E-state index contributed by atoms with van der Waals surface area (Å²) in [6.07, 6.45) is 3.28. The fourth-order valence-electron chi connectivity index (χ4n) is 2.18. The molecule has 0 bridgehead atoms. The number of pyridine rings is 1. The van der Waals surface area contributed by atoms with Gasteiger partial charge < -0.3 is 10.2 Å². The van der Waals surface area contributed by atoms with Crippen LogP contribution in [0.3, 0.4) is 0 Å². The van der Waals surface area contributed by atoms with Crippen molar-refractivity contribution in [2.45, 2.75) is 26.3 Å². The number of aromatic nitrogens is 1. The molecule has 1 fully saturated rings. The molecular weight excluding hydrogens is 210 g/mol. The van der Waals surface area contributed by atoms with Crippen LogP contribution in [-0.4, -0.2) is 25.6 Å². The van der Waals surface area contributed by atoms with Crippen LogP contribution < -0.4 is 10.2 Å². The van der Waals surface area contributed by atoms with Crippen LogP contribution in [0, 0.1) is 11.8 Å². The first-order valence-electron chi connectivity index (χ1n) is 6.46. The molecule has 3 atom stereocenters. The predicted molar refractivity (Wildman–Crippen MR) is 72.3 cm³/mol.